The van der Waals surface area contributed by atoms with Crippen molar-refractivity contribution in [1.82, 2.24) is 28.9 Å². The van der Waals surface area contributed by atoms with Gasteiger partial charge in [0, 0.05) is 49.3 Å². The molecule has 0 amide bonds. The van der Waals surface area contributed by atoms with Crippen molar-refractivity contribution in [3.05, 3.63) is 194 Å². The van der Waals surface area contributed by atoms with Crippen LogP contribution in [0.3, 0.4) is 0 Å². The van der Waals surface area contributed by atoms with E-state index in [1.807, 2.05) is 60.7 Å². The molecule has 0 aliphatic heterocycles. The fourth-order valence-electron chi connectivity index (χ4n) is 8.69. The highest BCUT2D eigenvalue weighted by molar-refractivity contribution is 6.28. The molecule has 58 heavy (non-hydrogen) atoms. The zero-order valence-electron chi connectivity index (χ0n) is 31.2. The molecule has 6 heteroatoms. The lowest BCUT2D eigenvalue weighted by molar-refractivity contribution is 1.07. The van der Waals surface area contributed by atoms with E-state index in [0.29, 0.717) is 17.5 Å². The van der Waals surface area contributed by atoms with E-state index in [2.05, 4.69) is 142 Å². The van der Waals surface area contributed by atoms with Crippen LogP contribution in [0, 0.1) is 0 Å². The number of aromatic nitrogens is 6. The van der Waals surface area contributed by atoms with Crippen LogP contribution in [0.5, 0.6) is 0 Å². The van der Waals surface area contributed by atoms with Crippen molar-refractivity contribution < 1.29 is 0 Å². The van der Waals surface area contributed by atoms with Gasteiger partial charge in [0.25, 0.3) is 0 Å². The van der Waals surface area contributed by atoms with Crippen molar-refractivity contribution in [1.29, 1.82) is 0 Å². The summed E-state index contributed by atoms with van der Waals surface area (Å²) in [6.45, 7) is 0. The summed E-state index contributed by atoms with van der Waals surface area (Å²) in [6.07, 6.45) is 0. The van der Waals surface area contributed by atoms with Crippen LogP contribution in [-0.2, 0) is 0 Å². The first-order valence-electron chi connectivity index (χ1n) is 19.5. The van der Waals surface area contributed by atoms with Gasteiger partial charge in [-0.1, -0.05) is 146 Å². The number of imidazole rings is 1. The molecule has 0 atom stereocenters. The van der Waals surface area contributed by atoms with Crippen molar-refractivity contribution in [3.8, 4) is 51.0 Å². The largest absolute Gasteiger partial charge is 0.309 e. The summed E-state index contributed by atoms with van der Waals surface area (Å²) in [5.74, 6) is 1.93. The molecular weight excluding hydrogens is 709 g/mol. The van der Waals surface area contributed by atoms with E-state index in [1.54, 1.807) is 0 Å². The van der Waals surface area contributed by atoms with Crippen molar-refractivity contribution in [2.45, 2.75) is 0 Å². The Hall–Kier alpha value is -7.96. The van der Waals surface area contributed by atoms with E-state index in [1.165, 1.54) is 27.1 Å². The van der Waals surface area contributed by atoms with E-state index in [0.717, 1.165) is 66.6 Å². The minimum absolute atomic E-state index is 0.634. The summed E-state index contributed by atoms with van der Waals surface area (Å²) in [6, 6.07) is 68.0. The molecule has 0 aliphatic rings. The Balaban J connectivity index is 1.02. The van der Waals surface area contributed by atoms with Crippen molar-refractivity contribution in [2.75, 3.05) is 0 Å². The molecule has 12 rings (SSSR count). The van der Waals surface area contributed by atoms with Gasteiger partial charge in [-0.05, 0) is 59.7 Å². The summed E-state index contributed by atoms with van der Waals surface area (Å²) in [5.41, 5.74) is 12.7. The summed E-state index contributed by atoms with van der Waals surface area (Å²) < 4.78 is 4.75. The lowest BCUT2D eigenvalue weighted by Crippen LogP contribution is -2.00. The SMILES string of the molecule is c1ccc(-c2nc(-c3ccccc3)nc(-c3cccc(-c4ccc(-n5c6ccccc6c6ccc7c(c8ccccc8n8c9ccccc9nc78)c65)cc4)c3)n2)cc1. The second kappa shape index (κ2) is 12.8. The van der Waals surface area contributed by atoms with E-state index in [9.17, 15) is 0 Å². The zero-order valence-corrected chi connectivity index (χ0v) is 31.2. The number of hydrogen-bond donors (Lipinski definition) is 0. The highest BCUT2D eigenvalue weighted by Gasteiger charge is 2.21. The van der Waals surface area contributed by atoms with Crippen LogP contribution in [0.25, 0.3) is 111 Å². The number of rotatable bonds is 5. The summed E-state index contributed by atoms with van der Waals surface area (Å²) >= 11 is 0. The third-order valence-corrected chi connectivity index (χ3v) is 11.3. The first kappa shape index (κ1) is 32.3. The molecule has 0 unspecified atom stereocenters. The Morgan fingerprint density at radius 2 is 0.879 bits per heavy atom. The molecule has 4 aromatic heterocycles. The van der Waals surface area contributed by atoms with Crippen molar-refractivity contribution >= 4 is 60.2 Å². The van der Waals surface area contributed by atoms with Crippen LogP contribution in [-0.4, -0.2) is 28.9 Å². The van der Waals surface area contributed by atoms with E-state index in [-0.39, 0.29) is 0 Å². The molecular formula is C52H32N6. The minimum Gasteiger partial charge on any atom is -0.309 e. The third kappa shape index (κ3) is 4.98. The standard InChI is InChI=1S/C52H32N6/c1-3-14-34(15-4-1)49-54-50(35-16-5-2-6-17-35)56-51(55-49)37-19-13-18-36(32-37)33-26-28-38(29-27-33)57-44-23-10-7-20-39(44)40-30-31-42-47(48(40)57)41-21-8-11-24-45(41)58-46-25-12-9-22-43(46)53-52(42)58/h1-32H. The number of para-hydroxylation sites is 4. The molecule has 0 bridgehead atoms. The molecule has 0 radical (unpaired) electrons. The Kier molecular flexibility index (Phi) is 7.13. The normalized spacial score (nSPS) is 11.8. The number of fused-ring (bicyclic) bond motifs is 12. The van der Waals surface area contributed by atoms with Crippen LogP contribution in [0.1, 0.15) is 0 Å². The Labute approximate surface area is 333 Å². The van der Waals surface area contributed by atoms with Crippen molar-refractivity contribution in [2.24, 2.45) is 0 Å². The molecule has 4 heterocycles. The number of benzene rings is 8. The fraction of sp³-hybridized carbons (Fsp3) is 0. The van der Waals surface area contributed by atoms with Gasteiger partial charge >= 0.3 is 0 Å². The summed E-state index contributed by atoms with van der Waals surface area (Å²) in [4.78, 5) is 20.1. The van der Waals surface area contributed by atoms with Gasteiger partial charge in [-0.2, -0.15) is 0 Å². The predicted molar refractivity (Wildman–Crippen MR) is 237 cm³/mol. The van der Waals surface area contributed by atoms with Gasteiger partial charge < -0.3 is 4.57 Å². The van der Waals surface area contributed by atoms with Gasteiger partial charge in [-0.15, -0.1) is 0 Å². The molecule has 0 saturated heterocycles. The second-order valence-electron chi connectivity index (χ2n) is 14.7. The summed E-state index contributed by atoms with van der Waals surface area (Å²) in [5, 5.41) is 5.96. The highest BCUT2D eigenvalue weighted by atomic mass is 15.0. The first-order valence-corrected chi connectivity index (χ1v) is 19.5. The van der Waals surface area contributed by atoms with Crippen LogP contribution in [0.15, 0.2) is 194 Å². The van der Waals surface area contributed by atoms with E-state index >= 15 is 0 Å². The van der Waals surface area contributed by atoms with Gasteiger partial charge in [0.1, 0.15) is 5.65 Å². The average Bonchev–Trinajstić information content (AvgIpc) is 3.86. The third-order valence-electron chi connectivity index (χ3n) is 11.3. The van der Waals surface area contributed by atoms with Crippen LogP contribution in [0.4, 0.5) is 0 Å². The van der Waals surface area contributed by atoms with Gasteiger partial charge in [-0.25, -0.2) is 19.9 Å². The molecule has 8 aromatic carbocycles. The maximum atomic E-state index is 5.21. The van der Waals surface area contributed by atoms with Gasteiger partial charge in [-0.3, -0.25) is 4.40 Å². The van der Waals surface area contributed by atoms with Gasteiger partial charge in [0.2, 0.25) is 0 Å². The lowest BCUT2D eigenvalue weighted by atomic mass is 10.0. The second-order valence-corrected chi connectivity index (χ2v) is 14.7. The highest BCUT2D eigenvalue weighted by Crippen LogP contribution is 2.42. The Morgan fingerprint density at radius 3 is 1.60 bits per heavy atom. The topological polar surface area (TPSA) is 60.9 Å². The van der Waals surface area contributed by atoms with Crippen LogP contribution < -0.4 is 0 Å². The molecule has 0 saturated carbocycles. The fourth-order valence-corrected chi connectivity index (χ4v) is 8.69. The Bertz CT molecular complexity index is 3490. The number of hydrogen-bond acceptors (Lipinski definition) is 4. The zero-order chi connectivity index (χ0) is 38.2. The molecule has 270 valence electrons. The van der Waals surface area contributed by atoms with Gasteiger partial charge in [0.05, 0.1) is 27.6 Å². The molecule has 0 aliphatic carbocycles. The first-order chi connectivity index (χ1) is 28.8. The maximum Gasteiger partial charge on any atom is 0.164 e. The van der Waals surface area contributed by atoms with Crippen molar-refractivity contribution in [3.63, 3.8) is 0 Å². The lowest BCUT2D eigenvalue weighted by Gasteiger charge is -2.14. The van der Waals surface area contributed by atoms with E-state index in [4.69, 9.17) is 19.9 Å². The average molecular weight is 741 g/mol. The smallest absolute Gasteiger partial charge is 0.164 e. The molecule has 0 spiro atoms. The molecule has 12 aromatic rings. The van der Waals surface area contributed by atoms with Crippen LogP contribution in [0.2, 0.25) is 0 Å². The maximum absolute atomic E-state index is 5.21. The summed E-state index contributed by atoms with van der Waals surface area (Å²) in [7, 11) is 0. The predicted octanol–water partition coefficient (Wildman–Crippen LogP) is 12.7. The molecule has 6 nitrogen and oxygen atoms in total. The Morgan fingerprint density at radius 1 is 0.328 bits per heavy atom. The monoisotopic (exact) mass is 740 g/mol. The van der Waals surface area contributed by atoms with E-state index < -0.39 is 0 Å². The number of nitrogens with zero attached hydrogens (tertiary/aromatic N) is 6. The van der Waals surface area contributed by atoms with Crippen LogP contribution >= 0.6 is 0 Å². The quantitative estimate of drug-likeness (QED) is 0.165. The van der Waals surface area contributed by atoms with Gasteiger partial charge in [0.15, 0.2) is 17.5 Å². The molecule has 0 fully saturated rings. The molecule has 0 N–H and O–H groups in total. The number of pyridine rings is 1. The minimum atomic E-state index is 0.634.